The summed E-state index contributed by atoms with van der Waals surface area (Å²) in [6.07, 6.45) is 5.88. The number of nitrogens with zero attached hydrogens (tertiary/aromatic N) is 3. The molecule has 0 aliphatic carbocycles. The average Bonchev–Trinajstić information content (AvgIpc) is 3.54. The van der Waals surface area contributed by atoms with E-state index in [-0.39, 0.29) is 5.76 Å². The lowest BCUT2D eigenvalue weighted by Gasteiger charge is -2.27. The maximum absolute atomic E-state index is 13.5. The molecule has 0 N–H and O–H groups in total. The third-order valence-corrected chi connectivity index (χ3v) is 6.15. The molecule has 166 valence electrons. The zero-order chi connectivity index (χ0) is 22.9. The summed E-state index contributed by atoms with van der Waals surface area (Å²) >= 11 is 0. The van der Waals surface area contributed by atoms with E-state index in [1.165, 1.54) is 4.90 Å². The second-order valence-corrected chi connectivity index (χ2v) is 8.36. The van der Waals surface area contributed by atoms with Gasteiger partial charge in [0.2, 0.25) is 11.6 Å². The molecule has 0 saturated carbocycles. The summed E-state index contributed by atoms with van der Waals surface area (Å²) in [7, 11) is 0. The number of imidazole rings is 1. The largest absolute Gasteiger partial charge is 0.453 e. The van der Waals surface area contributed by atoms with Crippen LogP contribution in [0, 0.1) is 12.8 Å². The number of para-hydroxylation sites is 1. The molecule has 1 amide bonds. The summed E-state index contributed by atoms with van der Waals surface area (Å²) in [4.78, 5) is 45.3. The van der Waals surface area contributed by atoms with Crippen LogP contribution in [0.1, 0.15) is 34.1 Å². The lowest BCUT2D eigenvalue weighted by molar-refractivity contribution is -0.140. The van der Waals surface area contributed by atoms with Crippen molar-refractivity contribution in [2.24, 2.45) is 5.92 Å². The van der Waals surface area contributed by atoms with E-state index in [4.69, 9.17) is 4.42 Å². The van der Waals surface area contributed by atoms with Crippen LogP contribution in [0.5, 0.6) is 0 Å². The van der Waals surface area contributed by atoms with Gasteiger partial charge in [-0.3, -0.25) is 14.4 Å². The first-order chi connectivity index (χ1) is 16.0. The summed E-state index contributed by atoms with van der Waals surface area (Å²) in [5, 5.41) is 0.779. The van der Waals surface area contributed by atoms with Crippen LogP contribution in [-0.4, -0.2) is 38.5 Å². The molecule has 0 spiro atoms. The molecule has 4 aromatic rings. The van der Waals surface area contributed by atoms with Crippen LogP contribution in [-0.2, 0) is 16.1 Å². The number of ketones is 2. The number of hydrogen-bond donors (Lipinski definition) is 0. The Balaban J connectivity index is 1.48. The molecule has 2 aromatic heterocycles. The Hall–Kier alpha value is -4.00. The number of aromatic nitrogens is 2. The molecule has 2 unspecified atom stereocenters. The number of hydrogen-bond acceptors (Lipinski definition) is 5. The molecule has 7 nitrogen and oxygen atoms in total. The number of carbonyl (C=O) groups is 3. The minimum atomic E-state index is -1.14. The maximum Gasteiger partial charge on any atom is 0.291 e. The van der Waals surface area contributed by atoms with E-state index >= 15 is 0 Å². The van der Waals surface area contributed by atoms with Gasteiger partial charge in [0.05, 0.1) is 12.4 Å². The Kier molecular flexibility index (Phi) is 5.38. The number of carbonyl (C=O) groups excluding carboxylic acids is 3. The van der Waals surface area contributed by atoms with Crippen LogP contribution in [0.15, 0.2) is 77.7 Å². The van der Waals surface area contributed by atoms with Crippen LogP contribution in [0.3, 0.4) is 0 Å². The highest BCUT2D eigenvalue weighted by Gasteiger charge is 2.52. The van der Waals surface area contributed by atoms with E-state index in [2.05, 4.69) is 4.98 Å². The number of likely N-dealkylation sites (tertiary alicyclic amines) is 1. The van der Waals surface area contributed by atoms with Crippen molar-refractivity contribution in [1.29, 1.82) is 0 Å². The summed E-state index contributed by atoms with van der Waals surface area (Å²) < 4.78 is 7.67. The van der Waals surface area contributed by atoms with Gasteiger partial charge in [0.15, 0.2) is 5.76 Å². The lowest BCUT2D eigenvalue weighted by Crippen LogP contribution is -2.32. The van der Waals surface area contributed by atoms with Crippen molar-refractivity contribution in [2.45, 2.75) is 25.9 Å². The van der Waals surface area contributed by atoms with Crippen molar-refractivity contribution in [1.82, 2.24) is 14.5 Å². The van der Waals surface area contributed by atoms with Gasteiger partial charge in [-0.25, -0.2) is 4.98 Å². The number of amides is 1. The molecule has 2 atom stereocenters. The molecular weight excluding hydrogens is 418 g/mol. The zero-order valence-electron chi connectivity index (χ0n) is 18.2. The Morgan fingerprint density at radius 3 is 2.58 bits per heavy atom. The Labute approximate surface area is 190 Å². The Morgan fingerprint density at radius 2 is 1.85 bits per heavy atom. The normalized spacial score (nSPS) is 18.4. The molecule has 1 fully saturated rings. The minimum Gasteiger partial charge on any atom is -0.453 e. The van der Waals surface area contributed by atoms with Crippen molar-refractivity contribution >= 4 is 28.4 Å². The fourth-order valence-corrected chi connectivity index (χ4v) is 4.46. The number of fused-ring (bicyclic) bond motifs is 1. The van der Waals surface area contributed by atoms with E-state index in [1.807, 2.05) is 60.2 Å². The number of furan rings is 1. The number of benzene rings is 2. The monoisotopic (exact) mass is 441 g/mol. The smallest absolute Gasteiger partial charge is 0.291 e. The van der Waals surface area contributed by atoms with Crippen molar-refractivity contribution in [3.05, 3.63) is 90.2 Å². The molecule has 0 radical (unpaired) electrons. The molecule has 1 aliphatic heterocycles. The molecule has 33 heavy (non-hydrogen) atoms. The number of rotatable bonds is 7. The van der Waals surface area contributed by atoms with Gasteiger partial charge in [-0.1, -0.05) is 48.0 Å². The van der Waals surface area contributed by atoms with Crippen LogP contribution >= 0.6 is 0 Å². The fourth-order valence-electron chi connectivity index (χ4n) is 4.46. The lowest BCUT2D eigenvalue weighted by atomic mass is 9.88. The summed E-state index contributed by atoms with van der Waals surface area (Å²) in [5.41, 5.74) is 2.39. The predicted octanol–water partition coefficient (Wildman–Crippen LogP) is 3.98. The van der Waals surface area contributed by atoms with Gasteiger partial charge in [-0.05, 0) is 31.0 Å². The second kappa shape index (κ2) is 8.50. The molecule has 1 saturated heterocycles. The number of aryl methyl sites for hydroxylation is 2. The third kappa shape index (κ3) is 3.86. The van der Waals surface area contributed by atoms with E-state index in [0.29, 0.717) is 25.1 Å². The molecule has 3 heterocycles. The molecule has 5 rings (SSSR count). The Bertz CT molecular complexity index is 1290. The van der Waals surface area contributed by atoms with Crippen molar-refractivity contribution in [3.63, 3.8) is 0 Å². The van der Waals surface area contributed by atoms with Gasteiger partial charge < -0.3 is 13.9 Å². The zero-order valence-corrected chi connectivity index (χ0v) is 18.2. The minimum absolute atomic E-state index is 0.0970. The Morgan fingerprint density at radius 1 is 1.06 bits per heavy atom. The first-order valence-corrected chi connectivity index (χ1v) is 10.9. The SMILES string of the molecule is Cc1ccc(C2C(C(=O)c3cc4ccccc4o3)C(=O)C(=O)N2CCCn2ccnc2)cc1. The maximum atomic E-state index is 13.5. The van der Waals surface area contributed by atoms with Crippen molar-refractivity contribution in [2.75, 3.05) is 6.54 Å². The van der Waals surface area contributed by atoms with Gasteiger partial charge in [-0.15, -0.1) is 0 Å². The van der Waals surface area contributed by atoms with Crippen molar-refractivity contribution < 1.29 is 18.8 Å². The second-order valence-electron chi connectivity index (χ2n) is 8.36. The highest BCUT2D eigenvalue weighted by Crippen LogP contribution is 2.39. The molecule has 7 heteroatoms. The third-order valence-electron chi connectivity index (χ3n) is 6.15. The van der Waals surface area contributed by atoms with Crippen LogP contribution in [0.2, 0.25) is 0 Å². The van der Waals surface area contributed by atoms with Crippen LogP contribution in [0.25, 0.3) is 11.0 Å². The van der Waals surface area contributed by atoms with Crippen molar-refractivity contribution in [3.8, 4) is 0 Å². The predicted molar refractivity (Wildman–Crippen MR) is 122 cm³/mol. The number of Topliss-reactive ketones (excluding diaryl/α,β-unsaturated/α-hetero) is 2. The van der Waals surface area contributed by atoms with E-state index in [0.717, 1.165) is 16.5 Å². The first kappa shape index (κ1) is 20.9. The van der Waals surface area contributed by atoms with Gasteiger partial charge >= 0.3 is 0 Å². The van der Waals surface area contributed by atoms with Gasteiger partial charge in [-0.2, -0.15) is 0 Å². The standard InChI is InChI=1S/C26H23N3O4/c1-17-7-9-18(10-8-17)23-22(24(30)21-15-19-5-2-3-6-20(19)33-21)25(31)26(32)29(23)13-4-12-28-14-11-27-16-28/h2-3,5-11,14-16,22-23H,4,12-13H2,1H3. The first-order valence-electron chi connectivity index (χ1n) is 10.9. The van der Waals surface area contributed by atoms with Crippen LogP contribution < -0.4 is 0 Å². The highest BCUT2D eigenvalue weighted by atomic mass is 16.3. The molecule has 2 aromatic carbocycles. The van der Waals surface area contributed by atoms with E-state index in [1.54, 1.807) is 24.7 Å². The molecule has 0 bridgehead atoms. The van der Waals surface area contributed by atoms with E-state index in [9.17, 15) is 14.4 Å². The van der Waals surface area contributed by atoms with Crippen LogP contribution in [0.4, 0.5) is 0 Å². The van der Waals surface area contributed by atoms with Gasteiger partial charge in [0, 0.05) is 30.9 Å². The molecular formula is C26H23N3O4. The topological polar surface area (TPSA) is 85.4 Å². The van der Waals surface area contributed by atoms with Gasteiger partial charge in [0.1, 0.15) is 11.5 Å². The highest BCUT2D eigenvalue weighted by molar-refractivity contribution is 6.43. The van der Waals surface area contributed by atoms with E-state index < -0.39 is 29.4 Å². The fraction of sp³-hybridized carbons (Fsp3) is 0.231. The van der Waals surface area contributed by atoms with Gasteiger partial charge in [0.25, 0.3) is 5.91 Å². The summed E-state index contributed by atoms with van der Waals surface area (Å²) in [6, 6.07) is 15.9. The average molecular weight is 441 g/mol. The molecule has 1 aliphatic rings. The quantitative estimate of drug-likeness (QED) is 0.246. The summed E-state index contributed by atoms with van der Waals surface area (Å²) in [5.74, 6) is -2.82. The summed E-state index contributed by atoms with van der Waals surface area (Å²) in [6.45, 7) is 2.97.